The Labute approximate surface area is 159 Å². The van der Waals surface area contributed by atoms with Crippen LogP contribution in [0.15, 0.2) is 53.1 Å². The minimum atomic E-state index is -0.397. The maximum absolute atomic E-state index is 12.8. The monoisotopic (exact) mass is 367 g/mol. The van der Waals surface area contributed by atoms with Gasteiger partial charge in [-0.25, -0.2) is 0 Å². The van der Waals surface area contributed by atoms with E-state index in [1.54, 1.807) is 17.0 Å². The van der Waals surface area contributed by atoms with Gasteiger partial charge < -0.3 is 14.6 Å². The Bertz CT molecular complexity index is 775. The molecule has 0 aliphatic carbocycles. The third-order valence-electron chi connectivity index (χ3n) is 5.42. The molecule has 4 rings (SSSR count). The zero-order valence-electron chi connectivity index (χ0n) is 15.3. The van der Waals surface area contributed by atoms with Crippen LogP contribution in [-0.4, -0.2) is 53.3 Å². The SMILES string of the molecule is O=C(N[C@@H]1CCN(Cc2ccccc2)C1)[C@H]1CCCN1C(=O)c1ccco1. The van der Waals surface area contributed by atoms with Crippen LogP contribution in [0.2, 0.25) is 0 Å². The van der Waals surface area contributed by atoms with E-state index in [1.165, 1.54) is 11.8 Å². The molecule has 3 heterocycles. The first kappa shape index (κ1) is 17.8. The highest BCUT2D eigenvalue weighted by Crippen LogP contribution is 2.21. The van der Waals surface area contributed by atoms with Crippen LogP contribution in [0.25, 0.3) is 0 Å². The van der Waals surface area contributed by atoms with Crippen molar-refractivity contribution >= 4 is 11.8 Å². The lowest BCUT2D eigenvalue weighted by Crippen LogP contribution is -2.49. The van der Waals surface area contributed by atoms with Crippen molar-refractivity contribution in [2.45, 2.75) is 37.9 Å². The Balaban J connectivity index is 1.32. The van der Waals surface area contributed by atoms with E-state index in [-0.39, 0.29) is 17.9 Å². The molecule has 2 aromatic rings. The highest BCUT2D eigenvalue weighted by atomic mass is 16.3. The predicted molar refractivity (Wildman–Crippen MR) is 101 cm³/mol. The molecule has 6 heteroatoms. The fourth-order valence-corrected chi connectivity index (χ4v) is 4.06. The summed E-state index contributed by atoms with van der Waals surface area (Å²) in [5.41, 5.74) is 1.29. The number of benzene rings is 1. The number of nitrogens with zero attached hydrogens (tertiary/aromatic N) is 2. The lowest BCUT2D eigenvalue weighted by atomic mass is 10.1. The van der Waals surface area contributed by atoms with Crippen LogP contribution in [0.4, 0.5) is 0 Å². The minimum Gasteiger partial charge on any atom is -0.459 e. The van der Waals surface area contributed by atoms with E-state index in [4.69, 9.17) is 4.42 Å². The summed E-state index contributed by atoms with van der Waals surface area (Å²) in [4.78, 5) is 29.4. The largest absolute Gasteiger partial charge is 0.459 e. The van der Waals surface area contributed by atoms with Crippen molar-refractivity contribution in [3.63, 3.8) is 0 Å². The average molecular weight is 367 g/mol. The number of rotatable bonds is 5. The number of amides is 2. The van der Waals surface area contributed by atoms with Crippen molar-refractivity contribution in [2.24, 2.45) is 0 Å². The summed E-state index contributed by atoms with van der Waals surface area (Å²) in [6.45, 7) is 3.32. The standard InChI is InChI=1S/C21H25N3O3/c25-20(18-8-4-11-24(18)21(26)19-9-5-13-27-19)22-17-10-12-23(15-17)14-16-6-2-1-3-7-16/h1-3,5-7,9,13,17-18H,4,8,10-12,14-15H2,(H,22,25)/t17-,18-/m1/s1. The van der Waals surface area contributed by atoms with Crippen molar-refractivity contribution < 1.29 is 14.0 Å². The first-order chi connectivity index (χ1) is 13.2. The van der Waals surface area contributed by atoms with Gasteiger partial charge in [0.1, 0.15) is 6.04 Å². The highest BCUT2D eigenvalue weighted by Gasteiger charge is 2.37. The van der Waals surface area contributed by atoms with Gasteiger partial charge in [0, 0.05) is 32.2 Å². The van der Waals surface area contributed by atoms with Gasteiger partial charge in [-0.05, 0) is 37.0 Å². The summed E-state index contributed by atoms with van der Waals surface area (Å²) in [7, 11) is 0. The second-order valence-electron chi connectivity index (χ2n) is 7.35. The van der Waals surface area contributed by atoms with Crippen LogP contribution in [0.5, 0.6) is 0 Å². The molecule has 1 aromatic carbocycles. The zero-order chi connectivity index (χ0) is 18.6. The Hall–Kier alpha value is -2.60. The van der Waals surface area contributed by atoms with Gasteiger partial charge in [0.15, 0.2) is 5.76 Å². The number of hydrogen-bond acceptors (Lipinski definition) is 4. The van der Waals surface area contributed by atoms with Crippen LogP contribution in [0.3, 0.4) is 0 Å². The molecule has 27 heavy (non-hydrogen) atoms. The summed E-state index contributed by atoms with van der Waals surface area (Å²) in [6, 6.07) is 13.5. The van der Waals surface area contributed by atoms with Crippen LogP contribution in [-0.2, 0) is 11.3 Å². The van der Waals surface area contributed by atoms with Crippen LogP contribution >= 0.6 is 0 Å². The molecule has 2 saturated heterocycles. The van der Waals surface area contributed by atoms with Crippen LogP contribution in [0.1, 0.15) is 35.4 Å². The molecule has 2 amide bonds. The van der Waals surface area contributed by atoms with Gasteiger partial charge in [0.25, 0.3) is 5.91 Å². The summed E-state index contributed by atoms with van der Waals surface area (Å²) >= 11 is 0. The van der Waals surface area contributed by atoms with E-state index in [1.807, 2.05) is 6.07 Å². The third-order valence-corrected chi connectivity index (χ3v) is 5.42. The maximum Gasteiger partial charge on any atom is 0.290 e. The molecule has 2 aliphatic rings. The summed E-state index contributed by atoms with van der Waals surface area (Å²) in [5.74, 6) is 0.0540. The van der Waals surface area contributed by atoms with Gasteiger partial charge in [0.2, 0.25) is 5.91 Å². The minimum absolute atomic E-state index is 0.0426. The number of hydrogen-bond donors (Lipinski definition) is 1. The number of carbonyl (C=O) groups excluding carboxylic acids is 2. The molecule has 6 nitrogen and oxygen atoms in total. The lowest BCUT2D eigenvalue weighted by Gasteiger charge is -2.25. The van der Waals surface area contributed by atoms with E-state index in [2.05, 4.69) is 34.5 Å². The molecule has 1 N–H and O–H groups in total. The van der Waals surface area contributed by atoms with Crippen molar-refractivity contribution in [1.29, 1.82) is 0 Å². The number of carbonyl (C=O) groups is 2. The number of furan rings is 1. The summed E-state index contributed by atoms with van der Waals surface area (Å²) in [5, 5.41) is 3.16. The predicted octanol–water partition coefficient (Wildman–Crippen LogP) is 2.27. The zero-order valence-corrected chi connectivity index (χ0v) is 15.3. The Morgan fingerprint density at radius 2 is 1.93 bits per heavy atom. The first-order valence-corrected chi connectivity index (χ1v) is 9.62. The summed E-state index contributed by atoms with van der Waals surface area (Å²) < 4.78 is 5.21. The quantitative estimate of drug-likeness (QED) is 0.880. The van der Waals surface area contributed by atoms with Crippen molar-refractivity contribution in [3.05, 3.63) is 60.1 Å². The van der Waals surface area contributed by atoms with Gasteiger partial charge in [-0.2, -0.15) is 0 Å². The van der Waals surface area contributed by atoms with Crippen molar-refractivity contribution in [1.82, 2.24) is 15.1 Å². The molecule has 0 spiro atoms. The fraction of sp³-hybridized carbons (Fsp3) is 0.429. The lowest BCUT2D eigenvalue weighted by molar-refractivity contribution is -0.125. The molecule has 2 fully saturated rings. The second-order valence-corrected chi connectivity index (χ2v) is 7.35. The van der Waals surface area contributed by atoms with Crippen LogP contribution in [0, 0.1) is 0 Å². The number of nitrogens with one attached hydrogen (secondary N) is 1. The van der Waals surface area contributed by atoms with Gasteiger partial charge in [-0.3, -0.25) is 14.5 Å². The Morgan fingerprint density at radius 1 is 1.07 bits per heavy atom. The van der Waals surface area contributed by atoms with Gasteiger partial charge >= 0.3 is 0 Å². The van der Waals surface area contributed by atoms with Crippen LogP contribution < -0.4 is 5.32 Å². The molecular weight excluding hydrogens is 342 g/mol. The number of likely N-dealkylation sites (tertiary alicyclic amines) is 2. The van der Waals surface area contributed by atoms with Gasteiger partial charge in [-0.15, -0.1) is 0 Å². The molecule has 2 atom stereocenters. The summed E-state index contributed by atoms with van der Waals surface area (Å²) in [6.07, 6.45) is 3.98. The molecule has 0 unspecified atom stereocenters. The highest BCUT2D eigenvalue weighted by molar-refractivity contribution is 5.96. The maximum atomic E-state index is 12.8. The molecule has 0 bridgehead atoms. The first-order valence-electron chi connectivity index (χ1n) is 9.62. The van der Waals surface area contributed by atoms with Gasteiger partial charge in [0.05, 0.1) is 6.26 Å². The normalized spacial score (nSPS) is 22.9. The van der Waals surface area contributed by atoms with E-state index in [0.29, 0.717) is 18.7 Å². The van der Waals surface area contributed by atoms with E-state index < -0.39 is 6.04 Å². The molecule has 0 saturated carbocycles. The molecule has 142 valence electrons. The van der Waals surface area contributed by atoms with E-state index in [0.717, 1.165) is 32.5 Å². The van der Waals surface area contributed by atoms with E-state index >= 15 is 0 Å². The second kappa shape index (κ2) is 7.96. The third kappa shape index (κ3) is 4.06. The Morgan fingerprint density at radius 3 is 2.70 bits per heavy atom. The molecule has 1 aromatic heterocycles. The Kier molecular flexibility index (Phi) is 5.25. The molecule has 2 aliphatic heterocycles. The fourth-order valence-electron chi connectivity index (χ4n) is 4.06. The molecule has 0 radical (unpaired) electrons. The smallest absolute Gasteiger partial charge is 0.290 e. The average Bonchev–Trinajstić information content (AvgIpc) is 3.44. The molecular formula is C21H25N3O3. The van der Waals surface area contributed by atoms with Crippen molar-refractivity contribution in [2.75, 3.05) is 19.6 Å². The van der Waals surface area contributed by atoms with E-state index in [9.17, 15) is 9.59 Å². The topological polar surface area (TPSA) is 65.8 Å². The van der Waals surface area contributed by atoms with Gasteiger partial charge in [-0.1, -0.05) is 30.3 Å². The van der Waals surface area contributed by atoms with Crippen molar-refractivity contribution in [3.8, 4) is 0 Å².